The molecule has 0 unspecified atom stereocenters. The summed E-state index contributed by atoms with van der Waals surface area (Å²) in [4.78, 5) is 12.0. The summed E-state index contributed by atoms with van der Waals surface area (Å²) in [5, 5.41) is 2.99. The minimum atomic E-state index is 0.0963. The van der Waals surface area contributed by atoms with Crippen molar-refractivity contribution in [2.24, 2.45) is 17.6 Å². The van der Waals surface area contributed by atoms with Gasteiger partial charge in [-0.15, -0.1) is 0 Å². The fourth-order valence-corrected chi connectivity index (χ4v) is 2.48. The predicted octanol–water partition coefficient (Wildman–Crippen LogP) is 3.44. The topological polar surface area (TPSA) is 55.1 Å². The quantitative estimate of drug-likeness (QED) is 0.770. The molecule has 1 rings (SSSR count). The van der Waals surface area contributed by atoms with E-state index in [0.29, 0.717) is 31.3 Å². The molecule has 0 radical (unpaired) electrons. The highest BCUT2D eigenvalue weighted by Crippen LogP contribution is 2.15. The zero-order valence-corrected chi connectivity index (χ0v) is 13.9. The van der Waals surface area contributed by atoms with Crippen molar-refractivity contribution < 1.29 is 4.79 Å². The van der Waals surface area contributed by atoms with Crippen molar-refractivity contribution >= 4 is 5.91 Å². The van der Waals surface area contributed by atoms with Crippen molar-refractivity contribution in [3.8, 4) is 0 Å². The lowest BCUT2D eigenvalue weighted by Crippen LogP contribution is -2.28. The van der Waals surface area contributed by atoms with Crippen LogP contribution >= 0.6 is 0 Å². The Morgan fingerprint density at radius 2 is 1.76 bits per heavy atom. The third-order valence-corrected chi connectivity index (χ3v) is 3.75. The van der Waals surface area contributed by atoms with E-state index in [2.05, 4.69) is 57.3 Å². The summed E-state index contributed by atoms with van der Waals surface area (Å²) in [5.41, 5.74) is 8.21. The van der Waals surface area contributed by atoms with Crippen molar-refractivity contribution in [3.05, 3.63) is 35.4 Å². The maximum atomic E-state index is 12.0. The number of amides is 1. The first-order valence-corrected chi connectivity index (χ1v) is 7.98. The largest absolute Gasteiger partial charge is 0.352 e. The summed E-state index contributed by atoms with van der Waals surface area (Å²) >= 11 is 0. The van der Waals surface area contributed by atoms with Crippen LogP contribution in [-0.4, -0.2) is 12.5 Å². The Labute approximate surface area is 129 Å². The van der Waals surface area contributed by atoms with Crippen LogP contribution in [0.3, 0.4) is 0 Å². The van der Waals surface area contributed by atoms with Gasteiger partial charge in [0, 0.05) is 13.0 Å². The van der Waals surface area contributed by atoms with Gasteiger partial charge in [0.15, 0.2) is 0 Å². The number of carbonyl (C=O) groups excluding carboxylic acids is 1. The average Bonchev–Trinajstić information content (AvgIpc) is 2.44. The van der Waals surface area contributed by atoms with Crippen molar-refractivity contribution in [3.63, 3.8) is 0 Å². The van der Waals surface area contributed by atoms with Crippen LogP contribution < -0.4 is 11.1 Å². The lowest BCUT2D eigenvalue weighted by Gasteiger charge is -2.16. The molecule has 0 aromatic heterocycles. The molecule has 0 fully saturated rings. The van der Waals surface area contributed by atoms with Crippen LogP contribution in [0.5, 0.6) is 0 Å². The van der Waals surface area contributed by atoms with Gasteiger partial charge in [-0.05, 0) is 41.8 Å². The molecule has 3 heteroatoms. The molecule has 0 aliphatic rings. The summed E-state index contributed by atoms with van der Waals surface area (Å²) in [5.74, 6) is 1.50. The zero-order chi connectivity index (χ0) is 15.8. The van der Waals surface area contributed by atoms with Gasteiger partial charge in [-0.25, -0.2) is 0 Å². The highest BCUT2D eigenvalue weighted by molar-refractivity contribution is 5.76. The molecule has 0 aliphatic carbocycles. The third kappa shape index (κ3) is 6.76. The van der Waals surface area contributed by atoms with E-state index >= 15 is 0 Å². The monoisotopic (exact) mass is 290 g/mol. The summed E-state index contributed by atoms with van der Waals surface area (Å²) in [6, 6.07) is 8.44. The highest BCUT2D eigenvalue weighted by atomic mass is 16.1. The van der Waals surface area contributed by atoms with Gasteiger partial charge < -0.3 is 11.1 Å². The summed E-state index contributed by atoms with van der Waals surface area (Å²) in [6.07, 6.45) is 1.53. The molecule has 1 aromatic rings. The highest BCUT2D eigenvalue weighted by Gasteiger charge is 2.13. The number of nitrogens with two attached hydrogens (primary N) is 1. The van der Waals surface area contributed by atoms with Crippen LogP contribution in [0.1, 0.15) is 57.6 Å². The maximum Gasteiger partial charge on any atom is 0.220 e. The van der Waals surface area contributed by atoms with Gasteiger partial charge in [0.05, 0.1) is 0 Å². The molecule has 0 spiro atoms. The molecule has 1 aromatic carbocycles. The van der Waals surface area contributed by atoms with Crippen molar-refractivity contribution in [2.45, 2.75) is 53.0 Å². The van der Waals surface area contributed by atoms with E-state index in [4.69, 9.17) is 5.73 Å². The minimum Gasteiger partial charge on any atom is -0.352 e. The van der Waals surface area contributed by atoms with E-state index < -0.39 is 0 Å². The Morgan fingerprint density at radius 3 is 2.24 bits per heavy atom. The molecular weight excluding hydrogens is 260 g/mol. The molecule has 0 saturated carbocycles. The Bertz CT molecular complexity index is 423. The van der Waals surface area contributed by atoms with Crippen molar-refractivity contribution in [1.82, 2.24) is 5.32 Å². The number of hydrogen-bond acceptors (Lipinski definition) is 2. The first-order chi connectivity index (χ1) is 9.92. The van der Waals surface area contributed by atoms with E-state index in [1.54, 1.807) is 0 Å². The van der Waals surface area contributed by atoms with Gasteiger partial charge in [-0.1, -0.05) is 52.0 Å². The second-order valence-corrected chi connectivity index (χ2v) is 6.61. The number of hydrogen-bond donors (Lipinski definition) is 2. The molecule has 0 heterocycles. The number of nitrogens with one attached hydrogen (secondary N) is 1. The van der Waals surface area contributed by atoms with Crippen molar-refractivity contribution in [1.29, 1.82) is 0 Å². The molecule has 3 nitrogen and oxygen atoms in total. The molecule has 0 bridgehead atoms. The molecule has 118 valence electrons. The maximum absolute atomic E-state index is 12.0. The molecule has 3 N–H and O–H groups in total. The van der Waals surface area contributed by atoms with Crippen LogP contribution in [0.4, 0.5) is 0 Å². The fourth-order valence-electron chi connectivity index (χ4n) is 2.48. The van der Waals surface area contributed by atoms with Crippen LogP contribution in [0.2, 0.25) is 0 Å². The summed E-state index contributed by atoms with van der Waals surface area (Å²) in [6.45, 7) is 9.86. The Kier molecular flexibility index (Phi) is 7.44. The number of carbonyl (C=O) groups is 1. The minimum absolute atomic E-state index is 0.0963. The molecule has 21 heavy (non-hydrogen) atoms. The van der Waals surface area contributed by atoms with Gasteiger partial charge >= 0.3 is 0 Å². The normalized spacial score (nSPS) is 12.7. The first-order valence-electron chi connectivity index (χ1n) is 7.98. The van der Waals surface area contributed by atoms with Crippen LogP contribution in [0.15, 0.2) is 24.3 Å². The number of benzene rings is 1. The van der Waals surface area contributed by atoms with Gasteiger partial charge in [-0.3, -0.25) is 4.79 Å². The fraction of sp³-hybridized carbons (Fsp3) is 0.611. The lowest BCUT2D eigenvalue weighted by molar-refractivity contribution is -0.122. The Hall–Kier alpha value is -1.35. The Balaban J connectivity index is 2.41. The van der Waals surface area contributed by atoms with Crippen molar-refractivity contribution in [2.75, 3.05) is 6.54 Å². The van der Waals surface area contributed by atoms with Crippen LogP contribution in [0, 0.1) is 11.8 Å². The molecular formula is C18H30N2O. The van der Waals surface area contributed by atoms with Gasteiger partial charge in [-0.2, -0.15) is 0 Å². The van der Waals surface area contributed by atoms with Crippen LogP contribution in [-0.2, 0) is 11.3 Å². The van der Waals surface area contributed by atoms with E-state index in [9.17, 15) is 4.79 Å². The second kappa shape index (κ2) is 8.83. The standard InChI is InChI=1S/C18H30N2O/c1-13(2)9-16(11-19)10-18(21)20-12-15-5-7-17(8-6-15)14(3)4/h5-8,13-14,16H,9-12,19H2,1-4H3,(H,20,21)/t16-/m0/s1. The zero-order valence-electron chi connectivity index (χ0n) is 13.9. The SMILES string of the molecule is CC(C)C[C@H](CN)CC(=O)NCc1ccc(C(C)C)cc1. The van der Waals surface area contributed by atoms with E-state index in [1.165, 1.54) is 5.56 Å². The third-order valence-electron chi connectivity index (χ3n) is 3.75. The Morgan fingerprint density at radius 1 is 1.14 bits per heavy atom. The lowest BCUT2D eigenvalue weighted by atomic mass is 9.94. The van der Waals surface area contributed by atoms with Gasteiger partial charge in [0.2, 0.25) is 5.91 Å². The molecule has 1 atom stereocenters. The summed E-state index contributed by atoms with van der Waals surface area (Å²) in [7, 11) is 0. The average molecular weight is 290 g/mol. The first kappa shape index (κ1) is 17.7. The second-order valence-electron chi connectivity index (χ2n) is 6.61. The molecule has 0 aliphatic heterocycles. The molecule has 0 saturated heterocycles. The van der Waals surface area contributed by atoms with Gasteiger partial charge in [0.25, 0.3) is 0 Å². The van der Waals surface area contributed by atoms with E-state index in [1.807, 2.05) is 0 Å². The summed E-state index contributed by atoms with van der Waals surface area (Å²) < 4.78 is 0. The van der Waals surface area contributed by atoms with E-state index in [0.717, 1.165) is 12.0 Å². The van der Waals surface area contributed by atoms with Crippen LogP contribution in [0.25, 0.3) is 0 Å². The number of rotatable bonds is 8. The van der Waals surface area contributed by atoms with E-state index in [-0.39, 0.29) is 11.8 Å². The van der Waals surface area contributed by atoms with Gasteiger partial charge in [0.1, 0.15) is 0 Å². The predicted molar refractivity (Wildman–Crippen MR) is 89.0 cm³/mol. The molecule has 1 amide bonds. The smallest absolute Gasteiger partial charge is 0.220 e.